The molecule has 1 aliphatic heterocycles. The third-order valence-corrected chi connectivity index (χ3v) is 8.20. The smallest absolute Gasteiger partial charge is 0.163 e. The minimum absolute atomic E-state index is 0. The monoisotopic (exact) mass is 476 g/mol. The number of aryl methyl sites for hydroxylation is 1. The van der Waals surface area contributed by atoms with E-state index in [9.17, 15) is 0 Å². The Balaban J connectivity index is 0.00000240. The van der Waals surface area contributed by atoms with Gasteiger partial charge in [0.1, 0.15) is 5.52 Å². The third-order valence-electron chi connectivity index (χ3n) is 8.20. The van der Waals surface area contributed by atoms with E-state index >= 15 is 0 Å². The maximum absolute atomic E-state index is 6.79. The number of anilines is 1. The number of fused-ring (bicyclic) bond motifs is 3. The van der Waals surface area contributed by atoms with E-state index in [1.54, 1.807) is 0 Å². The Morgan fingerprint density at radius 2 is 1.75 bits per heavy atom. The first kappa shape index (κ1) is 22.7. The molecule has 1 fully saturated rings. The van der Waals surface area contributed by atoms with Crippen molar-refractivity contribution in [1.82, 2.24) is 19.5 Å². The third kappa shape index (κ3) is 3.32. The van der Waals surface area contributed by atoms with Crippen LogP contribution in [0, 0.1) is 12.3 Å². The van der Waals surface area contributed by atoms with Crippen LogP contribution in [-0.2, 0) is 6.42 Å². The molecule has 4 heterocycles. The Kier molecular flexibility index (Phi) is 5.30. The van der Waals surface area contributed by atoms with E-state index in [1.807, 2.05) is 24.4 Å². The van der Waals surface area contributed by atoms with Gasteiger partial charge in [-0.05, 0) is 73.1 Å². The zero-order chi connectivity index (χ0) is 23.6. The molecule has 0 radical (unpaired) electrons. The minimum atomic E-state index is 0. The Morgan fingerprint density at radius 3 is 2.58 bits per heavy atom. The molecule has 7 rings (SSSR count). The predicted molar refractivity (Wildman–Crippen MR) is 147 cm³/mol. The fourth-order valence-corrected chi connectivity index (χ4v) is 6.28. The van der Waals surface area contributed by atoms with Crippen LogP contribution in [0.3, 0.4) is 0 Å². The standard InChI is InChI=1S/C29H28N6.CH4/c1-19-27(34-16-12-29(13-17-34)18-20-6-2-3-7-21(20)26(29)30)33-24-11-15-35(28(24)32-19)25-10-4-9-23-22(25)8-5-14-31-23;/h2-11,14-15,26H,12-13,16-18,30H2,1H3;1H4/t26-;/m1./s1. The van der Waals surface area contributed by atoms with Crippen LogP contribution < -0.4 is 10.6 Å². The van der Waals surface area contributed by atoms with Gasteiger partial charge < -0.3 is 10.6 Å². The highest BCUT2D eigenvalue weighted by atomic mass is 15.2. The number of hydrogen-bond donors (Lipinski definition) is 1. The molecule has 1 atom stereocenters. The molecule has 6 nitrogen and oxygen atoms in total. The molecule has 1 spiro atoms. The van der Waals surface area contributed by atoms with Crippen molar-refractivity contribution in [2.24, 2.45) is 11.1 Å². The van der Waals surface area contributed by atoms with Crippen molar-refractivity contribution in [1.29, 1.82) is 0 Å². The van der Waals surface area contributed by atoms with Crippen LogP contribution in [0.2, 0.25) is 0 Å². The quantitative estimate of drug-likeness (QED) is 0.351. The minimum Gasteiger partial charge on any atom is -0.355 e. The summed E-state index contributed by atoms with van der Waals surface area (Å²) in [6, 6.07) is 21.2. The first-order chi connectivity index (χ1) is 17.1. The SMILES string of the molecule is C.Cc1nc2c(ccn2-c2cccc3ncccc23)nc1N1CCC2(CC1)Cc1ccccc1[C@H]2N. The molecule has 1 saturated heterocycles. The summed E-state index contributed by atoms with van der Waals surface area (Å²) in [6.07, 6.45) is 7.13. The molecule has 2 aromatic carbocycles. The average molecular weight is 477 g/mol. The summed E-state index contributed by atoms with van der Waals surface area (Å²) >= 11 is 0. The van der Waals surface area contributed by atoms with Crippen LogP contribution in [0.25, 0.3) is 27.8 Å². The molecule has 3 aromatic heterocycles. The van der Waals surface area contributed by atoms with Crippen molar-refractivity contribution in [2.45, 2.75) is 39.7 Å². The van der Waals surface area contributed by atoms with Crippen molar-refractivity contribution in [2.75, 3.05) is 18.0 Å². The average Bonchev–Trinajstić information content (AvgIpc) is 3.42. The maximum atomic E-state index is 6.79. The molecule has 182 valence electrons. The number of rotatable bonds is 2. The van der Waals surface area contributed by atoms with Crippen molar-refractivity contribution < 1.29 is 0 Å². The molecule has 5 aromatic rings. The molecule has 2 N–H and O–H groups in total. The molecule has 1 aliphatic carbocycles. The Hall–Kier alpha value is -3.77. The lowest BCUT2D eigenvalue weighted by molar-refractivity contribution is 0.187. The molecule has 0 bridgehead atoms. The highest BCUT2D eigenvalue weighted by Gasteiger charge is 2.46. The van der Waals surface area contributed by atoms with Crippen LogP contribution in [-0.4, -0.2) is 32.6 Å². The summed E-state index contributed by atoms with van der Waals surface area (Å²) in [4.78, 5) is 17.1. The van der Waals surface area contributed by atoms with Gasteiger partial charge in [-0.2, -0.15) is 0 Å². The number of piperidine rings is 1. The van der Waals surface area contributed by atoms with E-state index in [2.05, 4.69) is 70.0 Å². The van der Waals surface area contributed by atoms with Gasteiger partial charge in [0.2, 0.25) is 0 Å². The van der Waals surface area contributed by atoms with Gasteiger partial charge in [0.25, 0.3) is 0 Å². The maximum Gasteiger partial charge on any atom is 0.163 e. The van der Waals surface area contributed by atoms with E-state index in [1.165, 1.54) is 11.1 Å². The number of benzene rings is 2. The van der Waals surface area contributed by atoms with E-state index in [-0.39, 0.29) is 18.9 Å². The van der Waals surface area contributed by atoms with Crippen LogP contribution in [0.15, 0.2) is 73.1 Å². The topological polar surface area (TPSA) is 72.9 Å². The Bertz CT molecular complexity index is 1570. The van der Waals surface area contributed by atoms with E-state index in [0.29, 0.717) is 0 Å². The van der Waals surface area contributed by atoms with Crippen molar-refractivity contribution >= 4 is 27.9 Å². The van der Waals surface area contributed by atoms with Crippen LogP contribution in [0.4, 0.5) is 5.82 Å². The molecular weight excluding hydrogens is 444 g/mol. The van der Waals surface area contributed by atoms with E-state index in [0.717, 1.165) is 71.6 Å². The molecule has 0 unspecified atom stereocenters. The summed E-state index contributed by atoms with van der Waals surface area (Å²) in [7, 11) is 0. The number of hydrogen-bond acceptors (Lipinski definition) is 5. The van der Waals surface area contributed by atoms with Crippen molar-refractivity contribution in [3.8, 4) is 5.69 Å². The lowest BCUT2D eigenvalue weighted by atomic mass is 9.73. The van der Waals surface area contributed by atoms with Gasteiger partial charge in [-0.3, -0.25) is 9.55 Å². The largest absolute Gasteiger partial charge is 0.355 e. The predicted octanol–water partition coefficient (Wildman–Crippen LogP) is 5.76. The van der Waals surface area contributed by atoms with Crippen LogP contribution in [0.5, 0.6) is 0 Å². The molecule has 36 heavy (non-hydrogen) atoms. The molecule has 0 amide bonds. The van der Waals surface area contributed by atoms with Crippen molar-refractivity contribution in [3.63, 3.8) is 0 Å². The second-order valence-corrected chi connectivity index (χ2v) is 10.1. The number of aromatic nitrogens is 4. The van der Waals surface area contributed by atoms with Gasteiger partial charge in [-0.25, -0.2) is 9.97 Å². The zero-order valence-electron chi connectivity index (χ0n) is 19.9. The second kappa shape index (κ2) is 8.42. The molecule has 0 saturated carbocycles. The van der Waals surface area contributed by atoms with E-state index in [4.69, 9.17) is 15.7 Å². The van der Waals surface area contributed by atoms with Gasteiger partial charge in [0.05, 0.1) is 16.9 Å². The number of pyridine rings is 1. The lowest BCUT2D eigenvalue weighted by Crippen LogP contribution is -2.44. The lowest BCUT2D eigenvalue weighted by Gasteiger charge is -2.42. The fourth-order valence-electron chi connectivity index (χ4n) is 6.28. The number of nitrogens with two attached hydrogens (primary N) is 1. The Labute approximate surface area is 211 Å². The highest BCUT2D eigenvalue weighted by molar-refractivity contribution is 5.89. The van der Waals surface area contributed by atoms with Crippen molar-refractivity contribution in [3.05, 3.63) is 89.9 Å². The highest BCUT2D eigenvalue weighted by Crippen LogP contribution is 2.51. The van der Waals surface area contributed by atoms with Gasteiger partial charge in [0, 0.05) is 36.9 Å². The molecule has 2 aliphatic rings. The first-order valence-corrected chi connectivity index (χ1v) is 12.4. The summed E-state index contributed by atoms with van der Waals surface area (Å²) in [5.74, 6) is 0.994. The summed E-state index contributed by atoms with van der Waals surface area (Å²) in [5, 5.41) is 1.10. The van der Waals surface area contributed by atoms with E-state index < -0.39 is 0 Å². The van der Waals surface area contributed by atoms with Gasteiger partial charge in [0.15, 0.2) is 11.5 Å². The second-order valence-electron chi connectivity index (χ2n) is 10.1. The van der Waals surface area contributed by atoms with Crippen LogP contribution in [0.1, 0.15) is 43.1 Å². The summed E-state index contributed by atoms with van der Waals surface area (Å²) < 4.78 is 2.13. The fraction of sp³-hybridized carbons (Fsp3) is 0.300. The summed E-state index contributed by atoms with van der Waals surface area (Å²) in [5.41, 5.74) is 14.5. The van der Waals surface area contributed by atoms with Gasteiger partial charge in [-0.1, -0.05) is 37.8 Å². The summed E-state index contributed by atoms with van der Waals surface area (Å²) in [6.45, 7) is 3.99. The first-order valence-electron chi connectivity index (χ1n) is 12.4. The zero-order valence-corrected chi connectivity index (χ0v) is 19.9. The number of nitrogens with zero attached hydrogens (tertiary/aromatic N) is 5. The molecular formula is C30H32N6. The van der Waals surface area contributed by atoms with Gasteiger partial charge >= 0.3 is 0 Å². The molecule has 6 heteroatoms. The van der Waals surface area contributed by atoms with Crippen LogP contribution >= 0.6 is 0 Å². The Morgan fingerprint density at radius 1 is 0.917 bits per heavy atom. The van der Waals surface area contributed by atoms with Gasteiger partial charge in [-0.15, -0.1) is 0 Å². The normalized spacial score (nSPS) is 18.5.